The highest BCUT2D eigenvalue weighted by atomic mass is 32.2. The summed E-state index contributed by atoms with van der Waals surface area (Å²) in [5.74, 6) is 2.58. The van der Waals surface area contributed by atoms with E-state index in [4.69, 9.17) is 0 Å². The molecular weight excluding hydrogens is 230 g/mol. The van der Waals surface area contributed by atoms with Gasteiger partial charge in [0, 0.05) is 12.1 Å². The SMILES string of the molecule is CCC1CCC(Nc2cc(SC)ncn2)C1C. The molecule has 0 bridgehead atoms. The van der Waals surface area contributed by atoms with Crippen molar-refractivity contribution in [3.05, 3.63) is 12.4 Å². The van der Waals surface area contributed by atoms with Crippen molar-refractivity contribution in [3.8, 4) is 0 Å². The molecule has 1 aromatic rings. The van der Waals surface area contributed by atoms with Crippen LogP contribution in [0.2, 0.25) is 0 Å². The highest BCUT2D eigenvalue weighted by Gasteiger charge is 2.31. The van der Waals surface area contributed by atoms with Gasteiger partial charge in [0.2, 0.25) is 0 Å². The number of nitrogens with one attached hydrogen (secondary N) is 1. The molecule has 2 rings (SSSR count). The molecule has 1 fully saturated rings. The molecule has 1 N–H and O–H groups in total. The molecule has 1 aliphatic carbocycles. The summed E-state index contributed by atoms with van der Waals surface area (Å²) in [5, 5.41) is 4.59. The van der Waals surface area contributed by atoms with Gasteiger partial charge in [-0.25, -0.2) is 9.97 Å². The predicted octanol–water partition coefficient (Wildman–Crippen LogP) is 3.44. The normalized spacial score (nSPS) is 28.3. The minimum absolute atomic E-state index is 0.574. The van der Waals surface area contributed by atoms with Gasteiger partial charge in [-0.1, -0.05) is 20.3 Å². The van der Waals surface area contributed by atoms with Crippen LogP contribution in [0.4, 0.5) is 5.82 Å². The number of hydrogen-bond donors (Lipinski definition) is 1. The van der Waals surface area contributed by atoms with Crippen molar-refractivity contribution in [2.45, 2.75) is 44.2 Å². The average molecular weight is 251 g/mol. The highest BCUT2D eigenvalue weighted by Crippen LogP contribution is 2.35. The van der Waals surface area contributed by atoms with Gasteiger partial charge in [-0.3, -0.25) is 0 Å². The third-order valence-corrected chi connectivity index (χ3v) is 4.58. The fourth-order valence-electron chi connectivity index (χ4n) is 2.75. The van der Waals surface area contributed by atoms with E-state index in [1.54, 1.807) is 18.1 Å². The summed E-state index contributed by atoms with van der Waals surface area (Å²) in [7, 11) is 0. The third-order valence-electron chi connectivity index (χ3n) is 3.94. The molecule has 0 saturated heterocycles. The molecule has 1 saturated carbocycles. The van der Waals surface area contributed by atoms with Crippen LogP contribution in [-0.2, 0) is 0 Å². The zero-order chi connectivity index (χ0) is 12.3. The Morgan fingerprint density at radius 3 is 2.88 bits per heavy atom. The van der Waals surface area contributed by atoms with Crippen LogP contribution in [0.5, 0.6) is 0 Å². The molecule has 0 spiro atoms. The van der Waals surface area contributed by atoms with Crippen LogP contribution in [0.25, 0.3) is 0 Å². The van der Waals surface area contributed by atoms with Crippen molar-refractivity contribution >= 4 is 17.6 Å². The maximum absolute atomic E-state index is 4.30. The molecule has 3 atom stereocenters. The lowest BCUT2D eigenvalue weighted by Crippen LogP contribution is -2.25. The van der Waals surface area contributed by atoms with Gasteiger partial charge in [0.15, 0.2) is 0 Å². The highest BCUT2D eigenvalue weighted by molar-refractivity contribution is 7.98. The summed E-state index contributed by atoms with van der Waals surface area (Å²) in [6, 6.07) is 2.61. The Hall–Kier alpha value is -0.770. The molecule has 17 heavy (non-hydrogen) atoms. The number of thioether (sulfide) groups is 1. The van der Waals surface area contributed by atoms with Gasteiger partial charge in [-0.15, -0.1) is 11.8 Å². The van der Waals surface area contributed by atoms with Crippen LogP contribution in [0, 0.1) is 11.8 Å². The van der Waals surface area contributed by atoms with Gasteiger partial charge in [-0.2, -0.15) is 0 Å². The topological polar surface area (TPSA) is 37.8 Å². The monoisotopic (exact) mass is 251 g/mol. The average Bonchev–Trinajstić information content (AvgIpc) is 2.71. The second-order valence-corrected chi connectivity index (χ2v) is 5.63. The van der Waals surface area contributed by atoms with Crippen molar-refractivity contribution in [3.63, 3.8) is 0 Å². The van der Waals surface area contributed by atoms with E-state index >= 15 is 0 Å². The molecule has 3 unspecified atom stereocenters. The Balaban J connectivity index is 2.01. The zero-order valence-electron chi connectivity index (χ0n) is 10.8. The van der Waals surface area contributed by atoms with E-state index in [-0.39, 0.29) is 0 Å². The van der Waals surface area contributed by atoms with Gasteiger partial charge in [0.1, 0.15) is 17.2 Å². The molecule has 3 nitrogen and oxygen atoms in total. The van der Waals surface area contributed by atoms with E-state index in [0.29, 0.717) is 6.04 Å². The van der Waals surface area contributed by atoms with Crippen LogP contribution in [0.1, 0.15) is 33.1 Å². The van der Waals surface area contributed by atoms with Crippen LogP contribution >= 0.6 is 11.8 Å². The van der Waals surface area contributed by atoms with Gasteiger partial charge < -0.3 is 5.32 Å². The lowest BCUT2D eigenvalue weighted by Gasteiger charge is -2.21. The first-order valence-electron chi connectivity index (χ1n) is 6.37. The Morgan fingerprint density at radius 2 is 2.24 bits per heavy atom. The lowest BCUT2D eigenvalue weighted by atomic mass is 9.93. The molecule has 1 heterocycles. The molecule has 0 aromatic carbocycles. The molecule has 0 aliphatic heterocycles. The summed E-state index contributed by atoms with van der Waals surface area (Å²) in [5.41, 5.74) is 0. The first-order valence-corrected chi connectivity index (χ1v) is 7.59. The number of aromatic nitrogens is 2. The Kier molecular flexibility index (Phi) is 4.26. The van der Waals surface area contributed by atoms with E-state index in [1.165, 1.54) is 19.3 Å². The summed E-state index contributed by atoms with van der Waals surface area (Å²) in [6.45, 7) is 4.65. The van der Waals surface area contributed by atoms with Gasteiger partial charge in [0.05, 0.1) is 0 Å². The molecule has 0 amide bonds. The van der Waals surface area contributed by atoms with Crippen molar-refractivity contribution in [2.75, 3.05) is 11.6 Å². The van der Waals surface area contributed by atoms with E-state index in [1.807, 2.05) is 12.3 Å². The van der Waals surface area contributed by atoms with Crippen molar-refractivity contribution in [2.24, 2.45) is 11.8 Å². The molecule has 1 aromatic heterocycles. The second kappa shape index (κ2) is 5.71. The fraction of sp³-hybridized carbons (Fsp3) is 0.692. The Morgan fingerprint density at radius 1 is 1.41 bits per heavy atom. The number of anilines is 1. The predicted molar refractivity (Wildman–Crippen MR) is 73.4 cm³/mol. The van der Waals surface area contributed by atoms with E-state index in [0.717, 1.165) is 22.7 Å². The molecular formula is C13H21N3S. The maximum atomic E-state index is 4.30. The fourth-order valence-corrected chi connectivity index (χ4v) is 3.13. The Bertz CT molecular complexity index is 369. The Labute approximate surface area is 108 Å². The first-order chi connectivity index (χ1) is 8.24. The molecule has 1 aliphatic rings. The third kappa shape index (κ3) is 2.92. The standard InChI is InChI=1S/C13H21N3S/c1-4-10-5-6-11(9(10)2)16-12-7-13(17-3)15-8-14-12/h7-11H,4-6H2,1-3H3,(H,14,15,16). The van der Waals surface area contributed by atoms with Crippen LogP contribution in [0.3, 0.4) is 0 Å². The number of rotatable bonds is 4. The zero-order valence-corrected chi connectivity index (χ0v) is 11.6. The lowest BCUT2D eigenvalue weighted by molar-refractivity contribution is 0.391. The largest absolute Gasteiger partial charge is 0.367 e. The molecule has 4 heteroatoms. The minimum Gasteiger partial charge on any atom is -0.367 e. The van der Waals surface area contributed by atoms with Crippen molar-refractivity contribution in [1.82, 2.24) is 9.97 Å². The molecule has 94 valence electrons. The summed E-state index contributed by atoms with van der Waals surface area (Å²) >= 11 is 1.66. The summed E-state index contributed by atoms with van der Waals surface area (Å²) in [4.78, 5) is 8.50. The van der Waals surface area contributed by atoms with Gasteiger partial charge in [-0.05, 0) is 30.9 Å². The van der Waals surface area contributed by atoms with Gasteiger partial charge >= 0.3 is 0 Å². The van der Waals surface area contributed by atoms with Crippen LogP contribution in [0.15, 0.2) is 17.4 Å². The second-order valence-electron chi connectivity index (χ2n) is 4.80. The van der Waals surface area contributed by atoms with Crippen LogP contribution < -0.4 is 5.32 Å². The summed E-state index contributed by atoms with van der Waals surface area (Å²) in [6.07, 6.45) is 7.58. The summed E-state index contributed by atoms with van der Waals surface area (Å²) < 4.78 is 0. The first kappa shape index (κ1) is 12.7. The van der Waals surface area contributed by atoms with E-state index in [9.17, 15) is 0 Å². The van der Waals surface area contributed by atoms with Crippen LogP contribution in [-0.4, -0.2) is 22.3 Å². The van der Waals surface area contributed by atoms with Gasteiger partial charge in [0.25, 0.3) is 0 Å². The number of nitrogens with zero attached hydrogens (tertiary/aromatic N) is 2. The van der Waals surface area contributed by atoms with E-state index < -0.39 is 0 Å². The van der Waals surface area contributed by atoms with Crippen molar-refractivity contribution in [1.29, 1.82) is 0 Å². The maximum Gasteiger partial charge on any atom is 0.130 e. The quantitative estimate of drug-likeness (QED) is 0.657. The van der Waals surface area contributed by atoms with Crippen molar-refractivity contribution < 1.29 is 0 Å². The van der Waals surface area contributed by atoms with E-state index in [2.05, 4.69) is 29.1 Å². The number of hydrogen-bond acceptors (Lipinski definition) is 4. The smallest absolute Gasteiger partial charge is 0.130 e. The minimum atomic E-state index is 0.574. The molecule has 0 radical (unpaired) electrons.